The number of ketones is 1. The topological polar surface area (TPSA) is 125 Å². The Kier molecular flexibility index (Phi) is 6.14. The predicted octanol–water partition coefficient (Wildman–Crippen LogP) is 4.37. The number of fused-ring (bicyclic) bond motifs is 2. The van der Waals surface area contributed by atoms with Crippen LogP contribution in [0, 0.1) is 11.6 Å². The average molecular weight is 539 g/mol. The van der Waals surface area contributed by atoms with E-state index in [-0.39, 0.29) is 11.3 Å². The highest BCUT2D eigenvalue weighted by Crippen LogP contribution is 2.31. The van der Waals surface area contributed by atoms with E-state index in [1.807, 2.05) is 25.2 Å². The number of aromatic nitrogens is 4. The van der Waals surface area contributed by atoms with Gasteiger partial charge < -0.3 is 14.9 Å². The number of anilines is 2. The largest absolute Gasteiger partial charge is 0.369 e. The molecule has 0 saturated heterocycles. The zero-order valence-electron chi connectivity index (χ0n) is 20.8. The van der Waals surface area contributed by atoms with Crippen LogP contribution in [0.5, 0.6) is 0 Å². The van der Waals surface area contributed by atoms with E-state index in [2.05, 4.69) is 14.7 Å². The van der Waals surface area contributed by atoms with Gasteiger partial charge >= 0.3 is 0 Å². The van der Waals surface area contributed by atoms with Crippen LogP contribution in [0.1, 0.15) is 29.3 Å². The van der Waals surface area contributed by atoms with E-state index in [1.54, 1.807) is 35.4 Å². The molecule has 38 heavy (non-hydrogen) atoms. The molecular formula is C26H24F2N6O3S. The zero-order valence-corrected chi connectivity index (χ0v) is 21.6. The summed E-state index contributed by atoms with van der Waals surface area (Å²) < 4.78 is 59.9. The Balaban J connectivity index is 1.61. The minimum Gasteiger partial charge on any atom is -0.369 e. The van der Waals surface area contributed by atoms with Crippen molar-refractivity contribution in [3.8, 4) is 11.1 Å². The van der Waals surface area contributed by atoms with E-state index in [1.165, 1.54) is 6.20 Å². The molecule has 9 nitrogen and oxygen atoms in total. The van der Waals surface area contributed by atoms with Crippen LogP contribution in [0.25, 0.3) is 33.2 Å². The summed E-state index contributed by atoms with van der Waals surface area (Å²) >= 11 is 0. The van der Waals surface area contributed by atoms with E-state index in [0.29, 0.717) is 34.5 Å². The molecule has 2 aromatic carbocycles. The van der Waals surface area contributed by atoms with Crippen molar-refractivity contribution in [2.75, 3.05) is 16.2 Å². The van der Waals surface area contributed by atoms with Crippen molar-refractivity contribution in [3.63, 3.8) is 0 Å². The van der Waals surface area contributed by atoms with E-state index in [0.717, 1.165) is 23.2 Å². The number of nitrogens with one attached hydrogen (secondary N) is 1. The van der Waals surface area contributed by atoms with Crippen molar-refractivity contribution in [2.24, 2.45) is 14.1 Å². The molecule has 3 N–H and O–H groups in total. The number of pyridine rings is 1. The molecule has 5 aromatic rings. The number of carbonyl (C=O) groups excluding carboxylic acids is 1. The van der Waals surface area contributed by atoms with Crippen LogP contribution in [0.2, 0.25) is 0 Å². The second kappa shape index (κ2) is 9.21. The lowest BCUT2D eigenvalue weighted by Crippen LogP contribution is -2.18. The van der Waals surface area contributed by atoms with Crippen molar-refractivity contribution in [2.45, 2.75) is 13.3 Å². The molecule has 0 amide bonds. The fourth-order valence-corrected chi connectivity index (χ4v) is 5.59. The van der Waals surface area contributed by atoms with Crippen LogP contribution in [0.4, 0.5) is 20.4 Å². The van der Waals surface area contributed by atoms with E-state index in [4.69, 9.17) is 5.73 Å². The Morgan fingerprint density at radius 2 is 1.87 bits per heavy atom. The summed E-state index contributed by atoms with van der Waals surface area (Å²) in [6, 6.07) is 9.10. The lowest BCUT2D eigenvalue weighted by Gasteiger charge is -2.11. The van der Waals surface area contributed by atoms with Gasteiger partial charge in [-0.1, -0.05) is 13.0 Å². The van der Waals surface area contributed by atoms with Gasteiger partial charge in [0.15, 0.2) is 5.82 Å². The molecule has 0 unspecified atom stereocenters. The van der Waals surface area contributed by atoms with E-state index >= 15 is 4.39 Å². The molecule has 0 radical (unpaired) electrons. The monoisotopic (exact) mass is 538 g/mol. The molecule has 5 rings (SSSR count). The highest BCUT2D eigenvalue weighted by molar-refractivity contribution is 7.92. The first-order chi connectivity index (χ1) is 18.0. The summed E-state index contributed by atoms with van der Waals surface area (Å²) in [6.45, 7) is 1.65. The van der Waals surface area contributed by atoms with Crippen LogP contribution in [-0.4, -0.2) is 39.1 Å². The van der Waals surface area contributed by atoms with Crippen LogP contribution in [-0.2, 0) is 24.1 Å². The highest BCUT2D eigenvalue weighted by atomic mass is 32.2. The van der Waals surface area contributed by atoms with Crippen LogP contribution >= 0.6 is 0 Å². The van der Waals surface area contributed by atoms with Crippen LogP contribution in [0.3, 0.4) is 0 Å². The van der Waals surface area contributed by atoms with Gasteiger partial charge in [0.05, 0.1) is 28.0 Å². The number of halogens is 2. The van der Waals surface area contributed by atoms with Gasteiger partial charge in [0.25, 0.3) is 0 Å². The molecule has 0 bridgehead atoms. The van der Waals surface area contributed by atoms with Gasteiger partial charge in [-0.15, -0.1) is 0 Å². The molecule has 3 heterocycles. The molecule has 0 aliphatic heterocycles. The first-order valence-corrected chi connectivity index (χ1v) is 13.4. The maximum Gasteiger partial charge on any atom is 0.232 e. The molecule has 0 fully saturated rings. The Morgan fingerprint density at radius 1 is 1.11 bits per heavy atom. The quantitative estimate of drug-likeness (QED) is 0.297. The normalized spacial score (nSPS) is 11.9. The molecule has 12 heteroatoms. The number of benzene rings is 2. The minimum absolute atomic E-state index is 0.0198. The fraction of sp³-hybridized carbons (Fsp3) is 0.192. The molecular weight excluding hydrogens is 514 g/mol. The number of rotatable bonds is 7. The third-order valence-electron chi connectivity index (χ3n) is 6.36. The third kappa shape index (κ3) is 4.26. The Morgan fingerprint density at radius 3 is 2.61 bits per heavy atom. The summed E-state index contributed by atoms with van der Waals surface area (Å²) in [5.41, 5.74) is 7.95. The van der Waals surface area contributed by atoms with Gasteiger partial charge in [-0.05, 0) is 42.3 Å². The van der Waals surface area contributed by atoms with Gasteiger partial charge in [0, 0.05) is 43.0 Å². The fourth-order valence-electron chi connectivity index (χ4n) is 4.46. The van der Waals surface area contributed by atoms with Gasteiger partial charge in [-0.3, -0.25) is 9.52 Å². The maximum atomic E-state index is 15.3. The lowest BCUT2D eigenvalue weighted by molar-refractivity contribution is 0.103. The summed E-state index contributed by atoms with van der Waals surface area (Å²) in [5, 5.41) is 0.381. The van der Waals surface area contributed by atoms with Crippen LogP contribution in [0.15, 0.2) is 48.8 Å². The van der Waals surface area contributed by atoms with E-state index < -0.39 is 38.7 Å². The van der Waals surface area contributed by atoms with Gasteiger partial charge in [0.1, 0.15) is 11.5 Å². The zero-order chi connectivity index (χ0) is 27.4. The molecule has 196 valence electrons. The number of hydrogen-bond donors (Lipinski definition) is 2. The molecule has 3 aromatic heterocycles. The van der Waals surface area contributed by atoms with Crippen molar-refractivity contribution in [1.29, 1.82) is 0 Å². The standard InChI is InChI=1S/C26H24F2N6O3S/c1-4-9-38(36,37)32-19-7-6-18(27)22(23(19)28)24(35)17-13-33(2)25-16(17)10-15(12-30-25)14-5-8-21-20(11-14)31-26(29)34(21)3/h5-8,10-13,32H,4,9H2,1-3H3,(H2,29,31). The number of aryl methyl sites for hydroxylation is 2. The first kappa shape index (κ1) is 25.3. The third-order valence-corrected chi connectivity index (χ3v) is 7.84. The second-order valence-electron chi connectivity index (χ2n) is 9.02. The number of hydrogen-bond acceptors (Lipinski definition) is 6. The number of nitrogen functional groups attached to an aromatic ring is 1. The maximum absolute atomic E-state index is 15.3. The minimum atomic E-state index is -3.86. The van der Waals surface area contributed by atoms with Crippen molar-refractivity contribution in [1.82, 2.24) is 19.1 Å². The van der Waals surface area contributed by atoms with Crippen LogP contribution < -0.4 is 10.5 Å². The summed E-state index contributed by atoms with van der Waals surface area (Å²) in [4.78, 5) is 22.3. The van der Waals surface area contributed by atoms with Gasteiger partial charge in [-0.2, -0.15) is 0 Å². The number of imidazole rings is 1. The van der Waals surface area contributed by atoms with Crippen molar-refractivity contribution >= 4 is 49.5 Å². The summed E-state index contributed by atoms with van der Waals surface area (Å²) in [7, 11) is -0.393. The Bertz CT molecular complexity index is 1860. The summed E-state index contributed by atoms with van der Waals surface area (Å²) in [5.74, 6) is -3.21. The van der Waals surface area contributed by atoms with Crippen molar-refractivity contribution < 1.29 is 22.0 Å². The summed E-state index contributed by atoms with van der Waals surface area (Å²) in [6.07, 6.45) is 3.38. The predicted molar refractivity (Wildman–Crippen MR) is 142 cm³/mol. The number of carbonyl (C=O) groups is 1. The second-order valence-corrected chi connectivity index (χ2v) is 10.9. The SMILES string of the molecule is CCCS(=O)(=O)Nc1ccc(F)c(C(=O)c2cn(C)c3ncc(-c4ccc5c(c4)nc(N)n5C)cc23)c1F. The highest BCUT2D eigenvalue weighted by Gasteiger charge is 2.26. The number of nitrogens with zero attached hydrogens (tertiary/aromatic N) is 4. The molecule has 0 aliphatic rings. The molecule has 0 atom stereocenters. The molecule has 0 spiro atoms. The molecule has 0 aliphatic carbocycles. The Hall–Kier alpha value is -4.32. The van der Waals surface area contributed by atoms with Gasteiger partial charge in [0.2, 0.25) is 21.8 Å². The Labute approximate surface area is 217 Å². The number of nitrogens with two attached hydrogens (primary N) is 1. The van der Waals surface area contributed by atoms with E-state index in [9.17, 15) is 17.6 Å². The number of sulfonamides is 1. The average Bonchev–Trinajstić information content (AvgIpc) is 3.35. The smallest absolute Gasteiger partial charge is 0.232 e. The van der Waals surface area contributed by atoms with Gasteiger partial charge in [-0.25, -0.2) is 27.2 Å². The first-order valence-electron chi connectivity index (χ1n) is 11.7. The van der Waals surface area contributed by atoms with Crippen molar-refractivity contribution in [3.05, 3.63) is 71.6 Å². The molecule has 0 saturated carbocycles. The lowest BCUT2D eigenvalue weighted by atomic mass is 9.99.